The molecule has 42 heteroatoms. The Bertz CT molecular complexity index is 4340. The van der Waals surface area contributed by atoms with Crippen LogP contribution in [0.2, 0.25) is 0 Å². The van der Waals surface area contributed by atoms with E-state index in [0.717, 1.165) is 36.6 Å². The quantitative estimate of drug-likeness (QED) is 0.0280. The molecule has 1 aromatic carbocycles. The number of fused-ring (bicyclic) bond motifs is 5. The highest BCUT2D eigenvalue weighted by Crippen LogP contribution is 2.71. The monoisotopic (exact) mass is 1840 g/mol. The number of H-pyrrole nitrogens is 2. The van der Waals surface area contributed by atoms with Crippen molar-refractivity contribution in [3.8, 4) is 0 Å². The molecule has 41 nitrogen and oxygen atoms in total. The number of para-hydroxylation sites is 1. The Labute approximate surface area is 761 Å². The van der Waals surface area contributed by atoms with E-state index in [1.54, 1.807) is 40.8 Å². The summed E-state index contributed by atoms with van der Waals surface area (Å²) in [5, 5.41) is 69.1. The number of aliphatic hydroxyl groups is 1. The number of aromatic amines is 2. The average Bonchev–Trinajstić information content (AvgIpc) is 1.53. The van der Waals surface area contributed by atoms with Crippen LogP contribution in [-0.2, 0) is 99.0 Å². The van der Waals surface area contributed by atoms with Gasteiger partial charge in [0.15, 0.2) is 0 Å². The van der Waals surface area contributed by atoms with E-state index in [1.165, 1.54) is 31.2 Å². The molecule has 0 radical (unpaired) electrons. The molecule has 0 spiro atoms. The lowest BCUT2D eigenvalue weighted by Gasteiger charge is -2.62. The first-order valence-electron chi connectivity index (χ1n) is 45.4. The topological polar surface area (TPSA) is 594 Å². The smallest absolute Gasteiger partial charge is 0.317 e. The summed E-state index contributed by atoms with van der Waals surface area (Å²) in [5.74, 6) is -10.9. The number of carboxylic acids is 3. The van der Waals surface area contributed by atoms with Gasteiger partial charge in [-0.05, 0) is 148 Å². The van der Waals surface area contributed by atoms with E-state index in [-0.39, 0.29) is 220 Å². The number of amides is 12. The number of hydrogen-bond donors (Lipinski definition) is 18. The number of imidazole rings is 1. The number of primary amides is 2. The molecular formula is C88H137N19O22S. The summed E-state index contributed by atoms with van der Waals surface area (Å²) in [7, 11) is 0. The van der Waals surface area contributed by atoms with Gasteiger partial charge in [0, 0.05) is 119 Å². The predicted octanol–water partition coefficient (Wildman–Crippen LogP) is -1.69. The Hall–Kier alpha value is -9.95. The van der Waals surface area contributed by atoms with Gasteiger partial charge in [0.2, 0.25) is 70.9 Å². The first kappa shape index (κ1) is 104. The van der Waals surface area contributed by atoms with Crippen molar-refractivity contribution in [2.75, 3.05) is 130 Å². The van der Waals surface area contributed by atoms with Crippen molar-refractivity contribution in [2.45, 2.75) is 211 Å². The van der Waals surface area contributed by atoms with Crippen molar-refractivity contribution >= 4 is 111 Å². The number of nitrogens with one attached hydrogen (secondary N) is 12. The fourth-order valence-electron chi connectivity index (χ4n) is 20.1. The number of nitrogens with two attached hydrogens (primary N) is 2. The van der Waals surface area contributed by atoms with Gasteiger partial charge in [0.1, 0.15) is 48.9 Å². The summed E-state index contributed by atoms with van der Waals surface area (Å²) in [5.41, 5.74) is 12.5. The lowest BCUT2D eigenvalue weighted by atomic mass is 9.43. The van der Waals surface area contributed by atoms with E-state index in [0.29, 0.717) is 55.8 Å². The molecule has 3 unspecified atom stereocenters. The molecule has 2 aromatic heterocycles. The van der Waals surface area contributed by atoms with Gasteiger partial charge in [-0.1, -0.05) is 59.7 Å². The number of carboxylic acid groups (broad SMARTS) is 3. The fraction of sp³-hybridized carbons (Fsp3) is 0.705. The molecule has 0 bridgehead atoms. The normalized spacial score (nSPS) is 24.8. The van der Waals surface area contributed by atoms with E-state index in [1.807, 2.05) is 43.2 Å². The van der Waals surface area contributed by atoms with Gasteiger partial charge < -0.3 is 109 Å². The summed E-state index contributed by atoms with van der Waals surface area (Å²) in [6, 6.07) is -1.72. The van der Waals surface area contributed by atoms with E-state index < -0.39 is 138 Å². The van der Waals surface area contributed by atoms with Gasteiger partial charge in [-0.15, -0.1) is 0 Å². The zero-order valence-corrected chi connectivity index (χ0v) is 76.7. The maximum absolute atomic E-state index is 14.7. The maximum Gasteiger partial charge on any atom is 0.317 e. The van der Waals surface area contributed by atoms with Crippen molar-refractivity contribution < 1.29 is 107 Å². The Morgan fingerprint density at radius 3 is 1.81 bits per heavy atom. The Morgan fingerprint density at radius 2 is 1.19 bits per heavy atom. The van der Waals surface area contributed by atoms with Crippen molar-refractivity contribution in [2.24, 2.45) is 63.7 Å². The van der Waals surface area contributed by atoms with Crippen LogP contribution in [-0.4, -0.2) is 340 Å². The number of aliphatic hydroxyl groups excluding tert-OH is 1. The molecular weight excluding hydrogens is 1710 g/mol. The maximum atomic E-state index is 14.7. The van der Waals surface area contributed by atoms with Crippen LogP contribution in [0, 0.1) is 52.3 Å². The molecule has 2 aliphatic heterocycles. The number of aromatic nitrogens is 3. The molecule has 2 saturated heterocycles. The van der Waals surface area contributed by atoms with Crippen molar-refractivity contribution in [1.82, 2.24) is 87.7 Å². The Balaban J connectivity index is 0.737. The van der Waals surface area contributed by atoms with Crippen molar-refractivity contribution in [1.29, 1.82) is 0 Å². The van der Waals surface area contributed by atoms with E-state index >= 15 is 0 Å². The van der Waals surface area contributed by atoms with Gasteiger partial charge >= 0.3 is 17.9 Å². The van der Waals surface area contributed by atoms with E-state index in [4.69, 9.17) is 25.7 Å². The first-order chi connectivity index (χ1) is 61.8. The van der Waals surface area contributed by atoms with Gasteiger partial charge in [-0.2, -0.15) is 11.8 Å². The molecule has 130 heavy (non-hydrogen) atoms. The molecule has 3 aromatic rings. The van der Waals surface area contributed by atoms with E-state index in [9.17, 15) is 92.3 Å². The minimum atomic E-state index is -1.40. The van der Waals surface area contributed by atoms with Crippen LogP contribution in [0.25, 0.3) is 10.9 Å². The van der Waals surface area contributed by atoms with Crippen LogP contribution >= 0.6 is 11.8 Å². The first-order valence-corrected chi connectivity index (χ1v) is 46.8. The molecule has 20 N–H and O–H groups in total. The molecule has 4 heterocycles. The van der Waals surface area contributed by atoms with Gasteiger partial charge in [0.05, 0.1) is 82.9 Å². The summed E-state index contributed by atoms with van der Waals surface area (Å²) >= 11 is 1.46. The number of benzene rings is 1. The van der Waals surface area contributed by atoms with Crippen molar-refractivity contribution in [3.63, 3.8) is 0 Å². The minimum Gasteiger partial charge on any atom is -0.480 e. The number of hydrogen-bond acceptors (Lipinski definition) is 25. The highest BCUT2D eigenvalue weighted by Gasteiger charge is 2.69. The number of carbonyl (C=O) groups excluding carboxylic acids is 12. The summed E-state index contributed by atoms with van der Waals surface area (Å²) in [6.45, 7) is 13.8. The third kappa shape index (κ3) is 30.0. The number of ether oxygens (including phenoxy) is 3. The number of thioether (sulfide) groups is 1. The number of nitrogens with zero attached hydrogens (tertiary/aromatic N) is 5. The number of rotatable bonds is 49. The van der Waals surface area contributed by atoms with Crippen LogP contribution in [0.1, 0.15) is 143 Å². The molecule has 9 rings (SSSR count). The van der Waals surface area contributed by atoms with Crippen LogP contribution < -0.4 is 64.6 Å². The summed E-state index contributed by atoms with van der Waals surface area (Å²) in [4.78, 5) is 216. The third-order valence-electron chi connectivity index (χ3n) is 26.9. The molecule has 18 atom stereocenters. The lowest BCUT2D eigenvalue weighted by molar-refractivity contribution is -0.187. The second kappa shape index (κ2) is 49.5. The zero-order valence-electron chi connectivity index (χ0n) is 75.9. The average molecular weight is 1850 g/mol. The van der Waals surface area contributed by atoms with Crippen LogP contribution in [0.15, 0.2) is 43.0 Å². The molecule has 722 valence electrons. The molecule has 6 aliphatic rings. The Kier molecular flexibility index (Phi) is 39.5. The molecule has 4 saturated carbocycles. The highest BCUT2D eigenvalue weighted by molar-refractivity contribution is 7.98. The standard InChI is InChI=1S/C88H137N19O22S/c1-50(2)35-64(84(124)100-62(80(90)120)20-34-130-8)101-85(125)66(39-56-42-91-49-95-56)99-72(111)43-94-86(126)79(51(3)4)103-81(121)52(5)96-83(123)65(36-53-41-93-61-12-10-9-11-57(53)61)102-82(122)63(15-17-70(89)109)98-71(110)18-16-68-58-13-14-59-78-60(40-69(129-68)88(58,59)7)87(6)21-19-55(37-54(87)38-67(78)108)97-74(113)48-128-33-32-127-31-22-92-73(112)44-104-23-25-105(45-75(114)115)27-29-107(47-77(118)119)30-28-106(26-24-104)46-76(116)117/h9-12,41-42,49-52,54-55,58-60,62-69,78-79,93,108H,13-40,43-48H2,1-8H3,(H2,89,109)(H2,90,120)(H,91,95)(H,92,112)(H,94,126)(H,96,123)(H,97,113)(H,98,110)(H,99,111)(H,100,124)(H,101,125)(H,102,122)(H,103,121)(H,114,115)(H,116,117)(H,118,119)/t52-,54-,55-,58+,59?,60?,62-,63-,64-,65-,66-,67+,68+,69-,78?,79-,87-,88+/m0/s1. The van der Waals surface area contributed by atoms with Crippen LogP contribution in [0.4, 0.5) is 0 Å². The van der Waals surface area contributed by atoms with Crippen LogP contribution in [0.3, 0.4) is 0 Å². The Morgan fingerprint density at radius 1 is 0.600 bits per heavy atom. The molecule has 6 fully saturated rings. The molecule has 12 amide bonds. The van der Waals surface area contributed by atoms with Gasteiger partial charge in [-0.25, -0.2) is 4.98 Å². The second-order valence-electron chi connectivity index (χ2n) is 36.9. The number of aliphatic carboxylic acids is 3. The summed E-state index contributed by atoms with van der Waals surface area (Å²) < 4.78 is 18.5. The predicted molar refractivity (Wildman–Crippen MR) is 477 cm³/mol. The highest BCUT2D eigenvalue weighted by atomic mass is 32.2. The number of carbonyl (C=O) groups is 15. The largest absolute Gasteiger partial charge is 0.480 e. The van der Waals surface area contributed by atoms with Gasteiger partial charge in [0.25, 0.3) is 0 Å². The van der Waals surface area contributed by atoms with E-state index in [2.05, 4.69) is 82.0 Å². The van der Waals surface area contributed by atoms with Crippen LogP contribution in [0.5, 0.6) is 0 Å². The lowest BCUT2D eigenvalue weighted by Crippen LogP contribution is -2.61. The molecule has 4 aliphatic carbocycles. The SMILES string of the molecule is CSCC[C@H](NC(=O)[C@H](CC(C)C)NC(=O)[C@H](Cc1c[nH]cn1)NC(=O)CNC(=O)[C@@H](NC(=O)[C@H](C)NC(=O)[C@H](Cc1c[nH]c2ccccc12)NC(=O)[C@H](CCC(N)=O)NC(=O)CC[C@H]1O[C@H]2CC3C(C4CC[C@H]1[C@]42C)[C@H](O)C[C@@H]1C[C@@H](NC(=O)COCCOCCNC(=O)CN2CCN(CC(=O)O)CCN(CC(=O)O)CCN(CC(=O)O)CC2)CC[C@]31C)C(C)C)C(N)=O. The van der Waals surface area contributed by atoms with Gasteiger partial charge in [-0.3, -0.25) is 91.5 Å². The summed E-state index contributed by atoms with van der Waals surface area (Å²) in [6.07, 6.45) is 10.4. The van der Waals surface area contributed by atoms with Crippen molar-refractivity contribution in [3.05, 3.63) is 54.2 Å². The second-order valence-corrected chi connectivity index (χ2v) is 37.9. The zero-order chi connectivity index (χ0) is 94.7. The minimum absolute atomic E-state index is 0.0151. The third-order valence-corrected chi connectivity index (χ3v) is 27.5. The fourth-order valence-corrected chi connectivity index (χ4v) is 20.6.